The number of hydrogen-bond donors (Lipinski definition) is 2. The second-order valence-corrected chi connectivity index (χ2v) is 7.75. The van der Waals surface area contributed by atoms with Crippen molar-refractivity contribution in [2.45, 2.75) is 32.1 Å². The highest BCUT2D eigenvalue weighted by Gasteiger charge is 2.27. The molecule has 1 fully saturated rings. The van der Waals surface area contributed by atoms with Gasteiger partial charge in [0.15, 0.2) is 0 Å². The number of nitrogens with one attached hydrogen (secondary N) is 2. The number of H-pyrrole nitrogens is 2. The molecule has 1 aliphatic heterocycles. The van der Waals surface area contributed by atoms with Gasteiger partial charge in [0, 0.05) is 47.5 Å². The Morgan fingerprint density at radius 1 is 1.14 bits per heavy atom. The summed E-state index contributed by atoms with van der Waals surface area (Å²) in [4.78, 5) is 25.9. The molecule has 1 saturated heterocycles. The van der Waals surface area contributed by atoms with Crippen LogP contribution in [0, 0.1) is 6.92 Å². The third-order valence-electron chi connectivity index (χ3n) is 6.08. The van der Waals surface area contributed by atoms with Gasteiger partial charge < -0.3 is 14.9 Å². The maximum absolute atomic E-state index is 12.9. The van der Waals surface area contributed by atoms with Gasteiger partial charge in [-0.1, -0.05) is 18.2 Å². The Bertz CT molecular complexity index is 1150. The van der Waals surface area contributed by atoms with Crippen LogP contribution in [0.15, 0.2) is 48.8 Å². The van der Waals surface area contributed by atoms with E-state index in [-0.39, 0.29) is 5.91 Å². The van der Waals surface area contributed by atoms with Gasteiger partial charge in [0.2, 0.25) is 5.91 Å². The summed E-state index contributed by atoms with van der Waals surface area (Å²) in [5.41, 5.74) is 5.78. The predicted molar refractivity (Wildman–Crippen MR) is 111 cm³/mol. The lowest BCUT2D eigenvalue weighted by molar-refractivity contribution is -0.131. The molecule has 5 nitrogen and oxygen atoms in total. The van der Waals surface area contributed by atoms with Crippen molar-refractivity contribution >= 4 is 27.8 Å². The number of aromatic amines is 2. The first kappa shape index (κ1) is 17.0. The standard InChI is InChI=1S/C23H24N4O/c1-15-22(19-5-2-3-7-20(19)26-15)16-8-11-27(12-9-16)21(28)13-17-14-25-23-18(17)6-4-10-24-23/h2-7,10,14,16,26H,8-9,11-13H2,1H3,(H,24,25). The number of carbonyl (C=O) groups is 1. The predicted octanol–water partition coefficient (Wildman–Crippen LogP) is 4.30. The number of nitrogens with zero attached hydrogens (tertiary/aromatic N) is 2. The van der Waals surface area contributed by atoms with Crippen molar-refractivity contribution in [2.75, 3.05) is 13.1 Å². The maximum Gasteiger partial charge on any atom is 0.227 e. The molecule has 0 unspecified atom stereocenters. The molecule has 28 heavy (non-hydrogen) atoms. The molecule has 0 radical (unpaired) electrons. The van der Waals surface area contributed by atoms with Crippen molar-refractivity contribution in [3.63, 3.8) is 0 Å². The van der Waals surface area contributed by atoms with Crippen molar-refractivity contribution < 1.29 is 4.79 Å². The summed E-state index contributed by atoms with van der Waals surface area (Å²) in [6.45, 7) is 3.81. The van der Waals surface area contributed by atoms with E-state index in [1.165, 1.54) is 22.2 Å². The number of pyridine rings is 1. The van der Waals surface area contributed by atoms with E-state index in [2.05, 4.69) is 46.1 Å². The van der Waals surface area contributed by atoms with Crippen molar-refractivity contribution in [1.82, 2.24) is 19.9 Å². The van der Waals surface area contributed by atoms with Crippen LogP contribution in [0.5, 0.6) is 0 Å². The van der Waals surface area contributed by atoms with Crippen molar-refractivity contribution in [2.24, 2.45) is 0 Å². The van der Waals surface area contributed by atoms with Gasteiger partial charge in [-0.15, -0.1) is 0 Å². The molecule has 5 heteroatoms. The van der Waals surface area contributed by atoms with Crippen molar-refractivity contribution in [3.05, 3.63) is 65.6 Å². The van der Waals surface area contributed by atoms with Gasteiger partial charge >= 0.3 is 0 Å². The molecule has 0 aliphatic carbocycles. The number of benzene rings is 1. The van der Waals surface area contributed by atoms with E-state index in [1.54, 1.807) is 6.20 Å². The Morgan fingerprint density at radius 3 is 2.79 bits per heavy atom. The zero-order valence-corrected chi connectivity index (χ0v) is 16.0. The second-order valence-electron chi connectivity index (χ2n) is 7.75. The van der Waals surface area contributed by atoms with Crippen LogP contribution in [-0.4, -0.2) is 38.8 Å². The number of aromatic nitrogens is 3. The summed E-state index contributed by atoms with van der Waals surface area (Å²) in [6.07, 6.45) is 6.15. The second kappa shape index (κ2) is 6.82. The number of rotatable bonds is 3. The molecule has 142 valence electrons. The van der Waals surface area contributed by atoms with Crippen LogP contribution in [0.1, 0.15) is 35.6 Å². The van der Waals surface area contributed by atoms with Crippen LogP contribution in [0.4, 0.5) is 0 Å². The van der Waals surface area contributed by atoms with Crippen LogP contribution in [0.3, 0.4) is 0 Å². The number of piperidine rings is 1. The number of likely N-dealkylation sites (tertiary alicyclic amines) is 1. The quantitative estimate of drug-likeness (QED) is 0.563. The lowest BCUT2D eigenvalue weighted by Crippen LogP contribution is -2.38. The number of amides is 1. The Hall–Kier alpha value is -3.08. The summed E-state index contributed by atoms with van der Waals surface area (Å²) in [5.74, 6) is 0.719. The lowest BCUT2D eigenvalue weighted by atomic mass is 9.87. The zero-order chi connectivity index (χ0) is 19.1. The highest BCUT2D eigenvalue weighted by Crippen LogP contribution is 2.35. The molecule has 3 aromatic heterocycles. The van der Waals surface area contributed by atoms with E-state index >= 15 is 0 Å². The summed E-state index contributed by atoms with van der Waals surface area (Å²) in [5, 5.41) is 2.37. The smallest absolute Gasteiger partial charge is 0.227 e. The Kier molecular flexibility index (Phi) is 4.15. The van der Waals surface area contributed by atoms with Gasteiger partial charge in [0.25, 0.3) is 0 Å². The molecule has 1 aromatic carbocycles. The van der Waals surface area contributed by atoms with Gasteiger partial charge in [0.05, 0.1) is 6.42 Å². The molecule has 4 heterocycles. The van der Waals surface area contributed by atoms with Crippen LogP contribution in [-0.2, 0) is 11.2 Å². The minimum atomic E-state index is 0.207. The number of fused-ring (bicyclic) bond motifs is 2. The average molecular weight is 372 g/mol. The fourth-order valence-corrected chi connectivity index (χ4v) is 4.68. The lowest BCUT2D eigenvalue weighted by Gasteiger charge is -2.32. The monoisotopic (exact) mass is 372 g/mol. The van der Waals surface area contributed by atoms with Gasteiger partial charge in [-0.05, 0) is 55.0 Å². The molecule has 0 spiro atoms. The molecule has 5 rings (SSSR count). The first-order valence-corrected chi connectivity index (χ1v) is 9.96. The summed E-state index contributed by atoms with van der Waals surface area (Å²) in [6, 6.07) is 12.5. The van der Waals surface area contributed by atoms with Gasteiger partial charge in [0.1, 0.15) is 5.65 Å². The molecule has 1 amide bonds. The number of hydrogen-bond acceptors (Lipinski definition) is 2. The molecular weight excluding hydrogens is 348 g/mol. The maximum atomic E-state index is 12.9. The zero-order valence-electron chi connectivity index (χ0n) is 16.0. The molecule has 2 N–H and O–H groups in total. The van der Waals surface area contributed by atoms with E-state index in [4.69, 9.17) is 0 Å². The first-order chi connectivity index (χ1) is 13.7. The fraction of sp³-hybridized carbons (Fsp3) is 0.304. The first-order valence-electron chi connectivity index (χ1n) is 9.96. The van der Waals surface area contributed by atoms with Crippen molar-refractivity contribution in [3.8, 4) is 0 Å². The summed E-state index contributed by atoms with van der Waals surface area (Å²) >= 11 is 0. The Balaban J connectivity index is 1.29. The SMILES string of the molecule is Cc1[nH]c2ccccc2c1C1CCN(C(=O)Cc2c[nH]c3ncccc23)CC1. The van der Waals surface area contributed by atoms with Crippen molar-refractivity contribution in [1.29, 1.82) is 0 Å². The largest absolute Gasteiger partial charge is 0.358 e. The normalized spacial score (nSPS) is 15.5. The van der Waals surface area contributed by atoms with E-state index in [0.29, 0.717) is 12.3 Å². The van der Waals surface area contributed by atoms with E-state index in [1.807, 2.05) is 23.2 Å². The fourth-order valence-electron chi connectivity index (χ4n) is 4.68. The average Bonchev–Trinajstić information content (AvgIpc) is 3.28. The number of aryl methyl sites for hydroxylation is 1. The van der Waals surface area contributed by atoms with Gasteiger partial charge in [-0.3, -0.25) is 4.79 Å². The number of carbonyl (C=O) groups excluding carboxylic acids is 1. The van der Waals surface area contributed by atoms with Gasteiger partial charge in [-0.2, -0.15) is 0 Å². The van der Waals surface area contributed by atoms with E-state index in [0.717, 1.165) is 42.5 Å². The van der Waals surface area contributed by atoms with Crippen LogP contribution < -0.4 is 0 Å². The van der Waals surface area contributed by atoms with Gasteiger partial charge in [-0.25, -0.2) is 4.98 Å². The van der Waals surface area contributed by atoms with Crippen LogP contribution >= 0.6 is 0 Å². The molecule has 1 aliphatic rings. The minimum Gasteiger partial charge on any atom is -0.358 e. The van der Waals surface area contributed by atoms with E-state index < -0.39 is 0 Å². The Labute approximate surface area is 163 Å². The van der Waals surface area contributed by atoms with Crippen LogP contribution in [0.2, 0.25) is 0 Å². The molecule has 0 saturated carbocycles. The molecular formula is C23H24N4O. The topological polar surface area (TPSA) is 64.8 Å². The van der Waals surface area contributed by atoms with Crippen LogP contribution in [0.25, 0.3) is 21.9 Å². The third-order valence-corrected chi connectivity index (χ3v) is 6.08. The highest BCUT2D eigenvalue weighted by molar-refractivity contribution is 5.87. The summed E-state index contributed by atoms with van der Waals surface area (Å²) < 4.78 is 0. The van der Waals surface area contributed by atoms with E-state index in [9.17, 15) is 4.79 Å². The number of para-hydroxylation sites is 1. The third kappa shape index (κ3) is 2.87. The summed E-state index contributed by atoms with van der Waals surface area (Å²) in [7, 11) is 0. The molecule has 0 bridgehead atoms. The Morgan fingerprint density at radius 2 is 1.93 bits per heavy atom. The molecule has 0 atom stereocenters. The highest BCUT2D eigenvalue weighted by atomic mass is 16.2. The molecule has 4 aromatic rings. The minimum absolute atomic E-state index is 0.207.